The molecule has 144 valence electrons. The van der Waals surface area contributed by atoms with E-state index in [0.29, 0.717) is 33.8 Å². The predicted molar refractivity (Wildman–Crippen MR) is 105 cm³/mol. The summed E-state index contributed by atoms with van der Waals surface area (Å²) in [6.45, 7) is 0.590. The van der Waals surface area contributed by atoms with Gasteiger partial charge >= 0.3 is 0 Å². The van der Waals surface area contributed by atoms with Crippen LogP contribution in [0.5, 0.6) is 17.2 Å². The lowest BCUT2D eigenvalue weighted by atomic mass is 10.0. The van der Waals surface area contributed by atoms with Crippen molar-refractivity contribution >= 4 is 29.1 Å². The summed E-state index contributed by atoms with van der Waals surface area (Å²) in [5, 5.41) is 0.898. The van der Waals surface area contributed by atoms with Crippen LogP contribution in [0.1, 0.15) is 24.4 Å². The van der Waals surface area contributed by atoms with Crippen LogP contribution in [0.3, 0.4) is 0 Å². The van der Waals surface area contributed by atoms with Crippen LogP contribution >= 0.6 is 23.2 Å². The molecule has 1 fully saturated rings. The summed E-state index contributed by atoms with van der Waals surface area (Å²) in [5.41, 5.74) is 0.966. The average molecular weight is 410 g/mol. The highest BCUT2D eigenvalue weighted by Gasteiger charge is 2.32. The maximum atomic E-state index is 12.8. The number of ether oxygens (including phenoxy) is 3. The van der Waals surface area contributed by atoms with Crippen molar-refractivity contribution in [3.8, 4) is 17.2 Å². The first kappa shape index (κ1) is 19.6. The minimum atomic E-state index is -0.0959. The van der Waals surface area contributed by atoms with Gasteiger partial charge in [-0.25, -0.2) is 0 Å². The Morgan fingerprint density at radius 2 is 1.93 bits per heavy atom. The number of carbonyl (C=O) groups excluding carboxylic acids is 1. The molecule has 5 nitrogen and oxygen atoms in total. The highest BCUT2D eigenvalue weighted by molar-refractivity contribution is 6.35. The zero-order chi connectivity index (χ0) is 19.4. The quantitative estimate of drug-likeness (QED) is 0.690. The van der Waals surface area contributed by atoms with Gasteiger partial charge in [0.25, 0.3) is 5.91 Å². The second-order valence-electron chi connectivity index (χ2n) is 6.22. The van der Waals surface area contributed by atoms with E-state index in [1.54, 1.807) is 32.4 Å². The van der Waals surface area contributed by atoms with Crippen LogP contribution in [0.15, 0.2) is 36.4 Å². The number of rotatable bonds is 6. The molecule has 1 aliphatic heterocycles. The van der Waals surface area contributed by atoms with E-state index in [2.05, 4.69) is 0 Å². The Morgan fingerprint density at radius 3 is 2.63 bits per heavy atom. The number of hydrogen-bond donors (Lipinski definition) is 0. The molecule has 0 spiro atoms. The monoisotopic (exact) mass is 409 g/mol. The molecule has 0 bridgehead atoms. The minimum Gasteiger partial charge on any atom is -0.497 e. The maximum absolute atomic E-state index is 12.8. The fraction of sp³-hybridized carbons (Fsp3) is 0.350. The summed E-state index contributed by atoms with van der Waals surface area (Å²) in [6.07, 6.45) is 1.80. The number of carbonyl (C=O) groups is 1. The molecule has 0 aliphatic carbocycles. The normalized spacial score (nSPS) is 16.3. The summed E-state index contributed by atoms with van der Waals surface area (Å²) >= 11 is 12.0. The number of methoxy groups -OCH3 is 2. The molecule has 0 aromatic heterocycles. The molecule has 1 unspecified atom stereocenters. The predicted octanol–water partition coefficient (Wildman–Crippen LogP) is 4.75. The van der Waals surface area contributed by atoms with Gasteiger partial charge in [0.05, 0.1) is 25.3 Å². The SMILES string of the molecule is COc1ccc(C2CCCN2C(=O)COc2ccc(Cl)cc2Cl)c(OC)c1. The molecule has 0 radical (unpaired) electrons. The van der Waals surface area contributed by atoms with Crippen LogP contribution in [0, 0.1) is 0 Å². The van der Waals surface area contributed by atoms with E-state index >= 15 is 0 Å². The molecule has 2 aromatic rings. The third-order valence-corrected chi connectivity index (χ3v) is 5.15. The van der Waals surface area contributed by atoms with Crippen LogP contribution in [0.2, 0.25) is 10.0 Å². The molecule has 0 saturated carbocycles. The van der Waals surface area contributed by atoms with Crippen LogP contribution in [0.4, 0.5) is 0 Å². The van der Waals surface area contributed by atoms with E-state index in [-0.39, 0.29) is 18.6 Å². The molecule has 1 saturated heterocycles. The zero-order valence-electron chi connectivity index (χ0n) is 15.2. The first-order chi connectivity index (χ1) is 13.0. The van der Waals surface area contributed by atoms with Gasteiger partial charge in [-0.05, 0) is 43.2 Å². The van der Waals surface area contributed by atoms with Gasteiger partial charge < -0.3 is 19.1 Å². The second kappa shape index (κ2) is 8.72. The van der Waals surface area contributed by atoms with E-state index in [4.69, 9.17) is 37.4 Å². The highest BCUT2D eigenvalue weighted by atomic mass is 35.5. The smallest absolute Gasteiger partial charge is 0.261 e. The average Bonchev–Trinajstić information content (AvgIpc) is 3.16. The van der Waals surface area contributed by atoms with Crippen LogP contribution in [-0.2, 0) is 4.79 Å². The zero-order valence-corrected chi connectivity index (χ0v) is 16.7. The molecule has 0 N–H and O–H groups in total. The number of benzene rings is 2. The fourth-order valence-corrected chi connectivity index (χ4v) is 3.76. The van der Waals surface area contributed by atoms with Crippen LogP contribution < -0.4 is 14.2 Å². The van der Waals surface area contributed by atoms with Gasteiger partial charge in [-0.1, -0.05) is 23.2 Å². The first-order valence-electron chi connectivity index (χ1n) is 8.62. The minimum absolute atomic E-state index is 0.0531. The van der Waals surface area contributed by atoms with Crippen molar-refractivity contribution < 1.29 is 19.0 Å². The summed E-state index contributed by atoms with van der Waals surface area (Å²) < 4.78 is 16.4. The molecule has 1 heterocycles. The lowest BCUT2D eigenvalue weighted by molar-refractivity contribution is -0.134. The van der Waals surface area contributed by atoms with Gasteiger partial charge in [0, 0.05) is 23.2 Å². The number of hydrogen-bond acceptors (Lipinski definition) is 4. The highest BCUT2D eigenvalue weighted by Crippen LogP contribution is 2.38. The van der Waals surface area contributed by atoms with Crippen molar-refractivity contribution in [2.24, 2.45) is 0 Å². The fourth-order valence-electron chi connectivity index (χ4n) is 3.30. The Hall–Kier alpha value is -2.11. The van der Waals surface area contributed by atoms with Gasteiger partial charge in [0.1, 0.15) is 17.2 Å². The van der Waals surface area contributed by atoms with Crippen molar-refractivity contribution in [3.63, 3.8) is 0 Å². The topological polar surface area (TPSA) is 48.0 Å². The number of amides is 1. The van der Waals surface area contributed by atoms with Crippen molar-refractivity contribution in [2.75, 3.05) is 27.4 Å². The van der Waals surface area contributed by atoms with E-state index in [1.165, 1.54) is 0 Å². The number of halogens is 2. The van der Waals surface area contributed by atoms with Gasteiger partial charge in [-0.3, -0.25) is 4.79 Å². The number of likely N-dealkylation sites (tertiary alicyclic amines) is 1. The molecule has 1 atom stereocenters. The van der Waals surface area contributed by atoms with E-state index in [1.807, 2.05) is 23.1 Å². The molecular weight excluding hydrogens is 389 g/mol. The lowest BCUT2D eigenvalue weighted by Gasteiger charge is -2.26. The molecule has 3 rings (SSSR count). The third kappa shape index (κ3) is 4.42. The lowest BCUT2D eigenvalue weighted by Crippen LogP contribution is -2.34. The van der Waals surface area contributed by atoms with Crippen molar-refractivity contribution in [1.29, 1.82) is 0 Å². The maximum Gasteiger partial charge on any atom is 0.261 e. The van der Waals surface area contributed by atoms with E-state index in [9.17, 15) is 4.79 Å². The van der Waals surface area contributed by atoms with Gasteiger partial charge in [-0.15, -0.1) is 0 Å². The summed E-state index contributed by atoms with van der Waals surface area (Å²) in [5.74, 6) is 1.77. The molecule has 2 aromatic carbocycles. The summed E-state index contributed by atoms with van der Waals surface area (Å²) in [4.78, 5) is 14.6. The Bertz CT molecular complexity index is 828. The Morgan fingerprint density at radius 1 is 1.11 bits per heavy atom. The molecule has 1 aliphatic rings. The third-order valence-electron chi connectivity index (χ3n) is 4.62. The summed E-state index contributed by atoms with van der Waals surface area (Å²) in [7, 11) is 3.23. The Kier molecular flexibility index (Phi) is 6.34. The van der Waals surface area contributed by atoms with Crippen molar-refractivity contribution in [3.05, 3.63) is 52.0 Å². The number of nitrogens with zero attached hydrogens (tertiary/aromatic N) is 1. The van der Waals surface area contributed by atoms with Crippen molar-refractivity contribution in [1.82, 2.24) is 4.90 Å². The standard InChI is InChI=1S/C20H21Cl2NO4/c1-25-14-6-7-15(19(11-14)26-2)17-4-3-9-23(17)20(24)12-27-18-8-5-13(21)10-16(18)22/h5-8,10-11,17H,3-4,9,12H2,1-2H3. The van der Waals surface area contributed by atoms with Crippen molar-refractivity contribution in [2.45, 2.75) is 18.9 Å². The molecule has 27 heavy (non-hydrogen) atoms. The van der Waals surface area contributed by atoms with E-state index < -0.39 is 0 Å². The van der Waals surface area contributed by atoms with Gasteiger partial charge in [-0.2, -0.15) is 0 Å². The summed E-state index contributed by atoms with van der Waals surface area (Å²) in [6, 6.07) is 10.5. The van der Waals surface area contributed by atoms with E-state index in [0.717, 1.165) is 18.4 Å². The Balaban J connectivity index is 1.73. The van der Waals surface area contributed by atoms with Gasteiger partial charge in [0.2, 0.25) is 0 Å². The van der Waals surface area contributed by atoms with Crippen LogP contribution in [-0.4, -0.2) is 38.2 Å². The second-order valence-corrected chi connectivity index (χ2v) is 7.06. The first-order valence-corrected chi connectivity index (χ1v) is 9.38. The largest absolute Gasteiger partial charge is 0.497 e. The molecule has 1 amide bonds. The Labute approximate surface area is 168 Å². The molecular formula is C20H21Cl2NO4. The molecule has 7 heteroatoms. The van der Waals surface area contributed by atoms with Crippen LogP contribution in [0.25, 0.3) is 0 Å². The van der Waals surface area contributed by atoms with Gasteiger partial charge in [0.15, 0.2) is 6.61 Å².